The Morgan fingerprint density at radius 3 is 2.47 bits per heavy atom. The Balaban J connectivity index is 2.22. The SMILES string of the molecule is Nc1cnc(Nc2ccccc2F)nc1. The Morgan fingerprint density at radius 1 is 1.13 bits per heavy atom. The van der Waals surface area contributed by atoms with Crippen LogP contribution in [0.4, 0.5) is 21.7 Å². The Hall–Kier alpha value is -2.17. The molecule has 15 heavy (non-hydrogen) atoms. The van der Waals surface area contributed by atoms with Crippen LogP contribution < -0.4 is 11.1 Å². The zero-order valence-electron chi connectivity index (χ0n) is 7.81. The first-order chi connectivity index (χ1) is 7.25. The lowest BCUT2D eigenvalue weighted by atomic mass is 10.3. The first kappa shape index (κ1) is 9.39. The molecule has 2 rings (SSSR count). The Kier molecular flexibility index (Phi) is 2.45. The number of para-hydroxylation sites is 1. The van der Waals surface area contributed by atoms with Gasteiger partial charge in [0, 0.05) is 0 Å². The van der Waals surface area contributed by atoms with Crippen LogP contribution >= 0.6 is 0 Å². The lowest BCUT2D eigenvalue weighted by Gasteiger charge is -2.04. The number of hydrogen-bond acceptors (Lipinski definition) is 4. The molecule has 0 atom stereocenters. The molecule has 0 aliphatic heterocycles. The van der Waals surface area contributed by atoms with Crippen LogP contribution in [0.15, 0.2) is 36.7 Å². The number of nitrogens with two attached hydrogens (primary N) is 1. The number of anilines is 3. The van der Waals surface area contributed by atoms with E-state index < -0.39 is 0 Å². The molecule has 0 aliphatic rings. The minimum absolute atomic E-state index is 0.314. The number of hydrogen-bond donors (Lipinski definition) is 2. The van der Waals surface area contributed by atoms with Crippen molar-refractivity contribution in [1.82, 2.24) is 9.97 Å². The molecule has 1 heterocycles. The van der Waals surface area contributed by atoms with Gasteiger partial charge in [0.1, 0.15) is 5.82 Å². The number of aromatic nitrogens is 2. The van der Waals surface area contributed by atoms with Crippen molar-refractivity contribution in [2.75, 3.05) is 11.1 Å². The molecule has 1 aromatic heterocycles. The van der Waals surface area contributed by atoms with Gasteiger partial charge in [-0.15, -0.1) is 0 Å². The van der Waals surface area contributed by atoms with Gasteiger partial charge in [-0.05, 0) is 12.1 Å². The number of halogens is 1. The number of nitrogen functional groups attached to an aromatic ring is 1. The fourth-order valence-corrected chi connectivity index (χ4v) is 1.09. The second-order valence-corrected chi connectivity index (χ2v) is 2.94. The van der Waals surface area contributed by atoms with Crippen molar-refractivity contribution in [3.63, 3.8) is 0 Å². The van der Waals surface area contributed by atoms with Crippen molar-refractivity contribution in [2.24, 2.45) is 0 Å². The van der Waals surface area contributed by atoms with E-state index in [0.29, 0.717) is 17.3 Å². The van der Waals surface area contributed by atoms with Crippen molar-refractivity contribution in [3.8, 4) is 0 Å². The number of nitrogens with one attached hydrogen (secondary N) is 1. The maximum atomic E-state index is 13.2. The van der Waals surface area contributed by atoms with Gasteiger partial charge in [-0.1, -0.05) is 12.1 Å². The lowest BCUT2D eigenvalue weighted by Crippen LogP contribution is -1.99. The average Bonchev–Trinajstić information content (AvgIpc) is 2.25. The predicted molar refractivity (Wildman–Crippen MR) is 56.1 cm³/mol. The topological polar surface area (TPSA) is 63.8 Å². The van der Waals surface area contributed by atoms with E-state index in [4.69, 9.17) is 5.73 Å². The minimum Gasteiger partial charge on any atom is -0.396 e. The van der Waals surface area contributed by atoms with Crippen LogP contribution in [0.25, 0.3) is 0 Å². The minimum atomic E-state index is -0.349. The molecule has 0 fully saturated rings. The van der Waals surface area contributed by atoms with Gasteiger partial charge in [0.05, 0.1) is 23.8 Å². The summed E-state index contributed by atoms with van der Waals surface area (Å²) in [4.78, 5) is 7.80. The molecule has 2 aromatic rings. The molecule has 76 valence electrons. The highest BCUT2D eigenvalue weighted by atomic mass is 19.1. The number of nitrogens with zero attached hydrogens (tertiary/aromatic N) is 2. The summed E-state index contributed by atoms with van der Waals surface area (Å²) in [5.74, 6) is -0.0350. The van der Waals surface area contributed by atoms with E-state index in [1.807, 2.05) is 0 Å². The van der Waals surface area contributed by atoms with Crippen LogP contribution in [0.3, 0.4) is 0 Å². The largest absolute Gasteiger partial charge is 0.396 e. The fourth-order valence-electron chi connectivity index (χ4n) is 1.09. The summed E-state index contributed by atoms with van der Waals surface area (Å²) >= 11 is 0. The van der Waals surface area contributed by atoms with Crippen LogP contribution in [0.1, 0.15) is 0 Å². The van der Waals surface area contributed by atoms with Crippen LogP contribution in [-0.4, -0.2) is 9.97 Å². The molecule has 0 aliphatic carbocycles. The van der Waals surface area contributed by atoms with Gasteiger partial charge in [-0.2, -0.15) is 0 Å². The normalized spacial score (nSPS) is 9.93. The summed E-state index contributed by atoms with van der Waals surface area (Å²) < 4.78 is 13.2. The van der Waals surface area contributed by atoms with E-state index in [1.165, 1.54) is 18.5 Å². The molecular formula is C10H9FN4. The van der Waals surface area contributed by atoms with Gasteiger partial charge in [0.25, 0.3) is 0 Å². The van der Waals surface area contributed by atoms with Gasteiger partial charge in [-0.3, -0.25) is 0 Å². The van der Waals surface area contributed by atoms with Crippen molar-refractivity contribution >= 4 is 17.3 Å². The zero-order chi connectivity index (χ0) is 10.7. The van der Waals surface area contributed by atoms with Crippen LogP contribution in [-0.2, 0) is 0 Å². The third-order valence-electron chi connectivity index (χ3n) is 1.79. The Labute approximate surface area is 86.0 Å². The van der Waals surface area contributed by atoms with Crippen LogP contribution in [0.5, 0.6) is 0 Å². The molecule has 0 saturated carbocycles. The summed E-state index contributed by atoms with van der Waals surface area (Å²) in [5, 5.41) is 2.75. The maximum Gasteiger partial charge on any atom is 0.227 e. The average molecular weight is 204 g/mol. The molecule has 0 spiro atoms. The molecule has 0 amide bonds. The van der Waals surface area contributed by atoms with E-state index in [2.05, 4.69) is 15.3 Å². The molecule has 5 heteroatoms. The quantitative estimate of drug-likeness (QED) is 0.784. The number of rotatable bonds is 2. The van der Waals surface area contributed by atoms with Gasteiger partial charge in [-0.25, -0.2) is 14.4 Å². The molecule has 0 unspecified atom stereocenters. The first-order valence-corrected chi connectivity index (χ1v) is 4.35. The highest BCUT2D eigenvalue weighted by molar-refractivity contribution is 5.54. The highest BCUT2D eigenvalue weighted by Crippen LogP contribution is 2.16. The molecule has 0 saturated heterocycles. The highest BCUT2D eigenvalue weighted by Gasteiger charge is 2.01. The van der Waals surface area contributed by atoms with Gasteiger partial charge >= 0.3 is 0 Å². The number of benzene rings is 1. The second kappa shape index (κ2) is 3.91. The first-order valence-electron chi connectivity index (χ1n) is 4.35. The summed E-state index contributed by atoms with van der Waals surface area (Å²) in [5.41, 5.74) is 6.23. The van der Waals surface area contributed by atoms with Crippen molar-refractivity contribution in [2.45, 2.75) is 0 Å². The summed E-state index contributed by atoms with van der Waals surface area (Å²) in [6.45, 7) is 0. The van der Waals surface area contributed by atoms with E-state index in [0.717, 1.165) is 0 Å². The predicted octanol–water partition coefficient (Wildman–Crippen LogP) is 1.94. The summed E-state index contributed by atoms with van der Waals surface area (Å²) in [6, 6.07) is 6.31. The molecular weight excluding hydrogens is 195 g/mol. The standard InChI is InChI=1S/C10H9FN4/c11-8-3-1-2-4-9(8)15-10-13-5-7(12)6-14-10/h1-6H,12H2,(H,13,14,15). The van der Waals surface area contributed by atoms with Crippen molar-refractivity contribution in [3.05, 3.63) is 42.5 Å². The van der Waals surface area contributed by atoms with E-state index >= 15 is 0 Å². The Morgan fingerprint density at radius 2 is 1.80 bits per heavy atom. The smallest absolute Gasteiger partial charge is 0.227 e. The van der Waals surface area contributed by atoms with E-state index in [1.54, 1.807) is 18.2 Å². The maximum absolute atomic E-state index is 13.2. The van der Waals surface area contributed by atoms with Gasteiger partial charge < -0.3 is 11.1 Å². The second-order valence-electron chi connectivity index (χ2n) is 2.94. The van der Waals surface area contributed by atoms with E-state index in [9.17, 15) is 4.39 Å². The van der Waals surface area contributed by atoms with E-state index in [-0.39, 0.29) is 5.82 Å². The van der Waals surface area contributed by atoms with Crippen LogP contribution in [0, 0.1) is 5.82 Å². The van der Waals surface area contributed by atoms with Gasteiger partial charge in [0.15, 0.2) is 0 Å². The lowest BCUT2D eigenvalue weighted by molar-refractivity contribution is 0.631. The molecule has 0 bridgehead atoms. The monoisotopic (exact) mass is 204 g/mol. The zero-order valence-corrected chi connectivity index (χ0v) is 7.81. The summed E-state index contributed by atoms with van der Waals surface area (Å²) in [6.07, 6.45) is 2.91. The summed E-state index contributed by atoms with van der Waals surface area (Å²) in [7, 11) is 0. The fraction of sp³-hybridized carbons (Fsp3) is 0. The third-order valence-corrected chi connectivity index (χ3v) is 1.79. The van der Waals surface area contributed by atoms with Gasteiger partial charge in [0.2, 0.25) is 5.95 Å². The molecule has 1 aromatic carbocycles. The molecule has 3 N–H and O–H groups in total. The Bertz CT molecular complexity index is 455. The molecule has 4 nitrogen and oxygen atoms in total. The molecule has 0 radical (unpaired) electrons. The van der Waals surface area contributed by atoms with Crippen molar-refractivity contribution < 1.29 is 4.39 Å². The van der Waals surface area contributed by atoms with Crippen LogP contribution in [0.2, 0.25) is 0 Å². The third kappa shape index (κ3) is 2.19. The van der Waals surface area contributed by atoms with Crippen molar-refractivity contribution in [1.29, 1.82) is 0 Å².